The second-order valence-corrected chi connectivity index (χ2v) is 18.8. The van der Waals surface area contributed by atoms with E-state index in [1.54, 1.807) is 0 Å². The number of aromatic nitrogens is 2. The molecule has 2 aromatic heterocycles. The number of fused-ring (bicyclic) bond motifs is 10. The molecule has 0 amide bonds. The van der Waals surface area contributed by atoms with E-state index >= 15 is 0 Å². The van der Waals surface area contributed by atoms with Crippen LogP contribution >= 0.6 is 0 Å². The van der Waals surface area contributed by atoms with Crippen LogP contribution in [0.5, 0.6) is 0 Å². The number of aliphatic hydroxyl groups excluding tert-OH is 2. The zero-order valence-electron chi connectivity index (χ0n) is 34.5. The Hall–Kier alpha value is -5.24. The van der Waals surface area contributed by atoms with Crippen molar-refractivity contribution >= 4 is 43.4 Å². The lowest BCUT2D eigenvalue weighted by Gasteiger charge is -2.58. The third-order valence-electron chi connectivity index (χ3n) is 16.2. The molecule has 6 saturated heterocycles. The zero-order chi connectivity index (χ0) is 40.6. The van der Waals surface area contributed by atoms with Crippen LogP contribution < -0.4 is 0 Å². The smallest absolute Gasteiger partial charge is 0.131 e. The summed E-state index contributed by atoms with van der Waals surface area (Å²) in [7, 11) is 0. The number of hydrogen-bond donors (Lipinski definition) is 2. The van der Waals surface area contributed by atoms with E-state index in [1.807, 2.05) is 36.7 Å². The molecule has 6 fully saturated rings. The van der Waals surface area contributed by atoms with Gasteiger partial charge in [0.2, 0.25) is 0 Å². The van der Waals surface area contributed by atoms with Gasteiger partial charge in [-0.05, 0) is 68.8 Å². The number of pyridine rings is 2. The van der Waals surface area contributed by atoms with Crippen molar-refractivity contribution in [2.45, 2.75) is 63.1 Å². The molecule has 6 aliphatic rings. The fourth-order valence-corrected chi connectivity index (χ4v) is 13.2. The van der Waals surface area contributed by atoms with Gasteiger partial charge in [-0.2, -0.15) is 0 Å². The maximum absolute atomic E-state index is 12.6. The fourth-order valence-electron chi connectivity index (χ4n) is 13.2. The first kappa shape index (κ1) is 37.7. The molecule has 0 aliphatic carbocycles. The monoisotopic (exact) mass is 792 g/mol. The Bertz CT molecular complexity index is 2540. The highest BCUT2D eigenvalue weighted by molar-refractivity contribution is 6.05. The van der Waals surface area contributed by atoms with Crippen LogP contribution in [-0.2, 0) is 13.1 Å². The molecule has 5 aromatic carbocycles. The van der Waals surface area contributed by atoms with Gasteiger partial charge < -0.3 is 19.2 Å². The molecule has 13 rings (SSSR count). The molecule has 10 atom stereocenters. The van der Waals surface area contributed by atoms with E-state index in [0.29, 0.717) is 23.7 Å². The van der Waals surface area contributed by atoms with Crippen molar-refractivity contribution in [3.05, 3.63) is 169 Å². The number of benzene rings is 5. The summed E-state index contributed by atoms with van der Waals surface area (Å²) in [5.74, 6) is 1.90. The van der Waals surface area contributed by atoms with E-state index in [2.05, 4.69) is 120 Å². The minimum Gasteiger partial charge on any atom is -0.382 e. The summed E-state index contributed by atoms with van der Waals surface area (Å²) in [6.07, 6.45) is 11.2. The summed E-state index contributed by atoms with van der Waals surface area (Å²) in [5.41, 5.74) is 6.60. The number of rotatable bonds is 10. The average Bonchev–Trinajstić information content (AvgIpc) is 3.31. The van der Waals surface area contributed by atoms with Gasteiger partial charge in [-0.3, -0.25) is 9.97 Å². The highest BCUT2D eigenvalue weighted by Gasteiger charge is 2.56. The lowest BCUT2D eigenvalue weighted by atomic mass is 9.70. The minimum atomic E-state index is -0.611. The van der Waals surface area contributed by atoms with Gasteiger partial charge in [-0.25, -0.2) is 0 Å². The van der Waals surface area contributed by atoms with Crippen molar-refractivity contribution in [3.8, 4) is 0 Å². The third-order valence-corrected chi connectivity index (χ3v) is 16.2. The fraction of sp³-hybridized carbons (Fsp3) is 0.333. The molecule has 0 saturated carbocycles. The summed E-state index contributed by atoms with van der Waals surface area (Å²) in [4.78, 5) is 9.32. The number of aliphatic hydroxyl groups is 2. The van der Waals surface area contributed by atoms with Crippen LogP contribution in [0.3, 0.4) is 0 Å². The standard InChI is InChI=1S/C54H56N4O2/c1-3-35-31-57(27-23-37(35)29-51(57)53(59)45-21-25-55-49-19-11-9-17-43(45)49)33-47-39-13-5-7-15-41(39)48(42-16-8-6-14-40(42)47)34-58-28-24-38(36(4-2)32-58)30-52(58)54(60)46-22-26-56-50-20-12-10-18-44(46)50/h3-22,25-26,35-38,51-54,59-60H,1-2,23-24,27-34H2/q+2/t35-,36-,37-,38-,51-,52-,53+,54+,57?,58?/m0/s1. The Labute approximate surface area is 353 Å². The van der Waals surface area contributed by atoms with Crippen LogP contribution in [0.15, 0.2) is 147 Å². The van der Waals surface area contributed by atoms with E-state index in [9.17, 15) is 10.2 Å². The van der Waals surface area contributed by atoms with E-state index < -0.39 is 12.2 Å². The molecular formula is C54H56N4O2+2. The highest BCUT2D eigenvalue weighted by Crippen LogP contribution is 2.52. The Morgan fingerprint density at radius 1 is 0.533 bits per heavy atom. The Balaban J connectivity index is 1.04. The van der Waals surface area contributed by atoms with E-state index in [4.69, 9.17) is 0 Å². The second kappa shape index (κ2) is 14.7. The molecule has 0 spiro atoms. The molecule has 0 radical (unpaired) electrons. The molecule has 60 heavy (non-hydrogen) atoms. The summed E-state index contributed by atoms with van der Waals surface area (Å²) >= 11 is 0. The predicted molar refractivity (Wildman–Crippen MR) is 243 cm³/mol. The van der Waals surface area contributed by atoms with Gasteiger partial charge in [0.05, 0.1) is 37.2 Å². The van der Waals surface area contributed by atoms with E-state index in [0.717, 1.165) is 107 Å². The van der Waals surface area contributed by atoms with Crippen LogP contribution in [0, 0.1) is 23.7 Å². The van der Waals surface area contributed by atoms with Gasteiger partial charge in [0, 0.05) is 71.8 Å². The van der Waals surface area contributed by atoms with Gasteiger partial charge in [-0.1, -0.05) is 97.1 Å². The summed E-state index contributed by atoms with van der Waals surface area (Å²) in [6, 6.07) is 39.0. The van der Waals surface area contributed by atoms with Crippen molar-refractivity contribution in [2.75, 3.05) is 26.2 Å². The molecule has 2 unspecified atom stereocenters. The number of quaternary nitrogens is 2. The normalized spacial score (nSPS) is 29.6. The molecule has 6 nitrogen and oxygen atoms in total. The van der Waals surface area contributed by atoms with Crippen LogP contribution in [-0.4, -0.2) is 67.4 Å². The van der Waals surface area contributed by atoms with Crippen LogP contribution in [0.1, 0.15) is 60.1 Å². The molecule has 302 valence electrons. The first-order valence-electron chi connectivity index (χ1n) is 22.3. The van der Waals surface area contributed by atoms with Crippen LogP contribution in [0.4, 0.5) is 0 Å². The molecular weight excluding hydrogens is 737 g/mol. The number of nitrogens with zero attached hydrogens (tertiary/aromatic N) is 4. The number of piperidine rings is 6. The first-order chi connectivity index (χ1) is 29.4. The zero-order valence-corrected chi connectivity index (χ0v) is 34.5. The Kier molecular flexibility index (Phi) is 9.27. The molecule has 7 aromatic rings. The average molecular weight is 793 g/mol. The summed E-state index contributed by atoms with van der Waals surface area (Å²) in [5, 5.41) is 32.6. The van der Waals surface area contributed by atoms with Gasteiger partial charge in [0.25, 0.3) is 0 Å². The highest BCUT2D eigenvalue weighted by atomic mass is 16.3. The Morgan fingerprint density at radius 2 is 0.900 bits per heavy atom. The van der Waals surface area contributed by atoms with Gasteiger partial charge >= 0.3 is 0 Å². The minimum absolute atomic E-state index is 0.0540. The molecule has 4 bridgehead atoms. The van der Waals surface area contributed by atoms with Gasteiger partial charge in [-0.15, -0.1) is 13.2 Å². The number of para-hydroxylation sites is 2. The summed E-state index contributed by atoms with van der Waals surface area (Å²) < 4.78 is 1.68. The lowest BCUT2D eigenvalue weighted by molar-refractivity contribution is -0.984. The van der Waals surface area contributed by atoms with E-state index in [-0.39, 0.29) is 12.1 Å². The Morgan fingerprint density at radius 3 is 1.28 bits per heavy atom. The SMILES string of the molecule is C=C[C@H]1C[N+]2(Cc3c4ccccc4c(C[N+]45CC[C@@H](C[C@H]4[C@H](O)c4ccnc6ccccc46)[C@@H](C=C)C5)c4ccccc34)CC[C@H]1C[C@H]2[C@H](O)c1ccnc2ccccc12. The van der Waals surface area contributed by atoms with Crippen molar-refractivity contribution in [3.63, 3.8) is 0 Å². The quantitative estimate of drug-likeness (QED) is 0.0823. The van der Waals surface area contributed by atoms with Crippen molar-refractivity contribution < 1.29 is 19.2 Å². The first-order valence-corrected chi connectivity index (χ1v) is 22.3. The van der Waals surface area contributed by atoms with E-state index in [1.165, 1.54) is 32.7 Å². The van der Waals surface area contributed by atoms with Crippen molar-refractivity contribution in [1.29, 1.82) is 0 Å². The van der Waals surface area contributed by atoms with Gasteiger partial charge in [0.1, 0.15) is 37.4 Å². The van der Waals surface area contributed by atoms with Crippen LogP contribution in [0.25, 0.3) is 43.4 Å². The number of hydrogen-bond acceptors (Lipinski definition) is 4. The molecule has 6 heteroatoms. The van der Waals surface area contributed by atoms with Crippen molar-refractivity contribution in [2.24, 2.45) is 23.7 Å². The maximum Gasteiger partial charge on any atom is 0.131 e. The lowest BCUT2D eigenvalue weighted by Crippen LogP contribution is -2.67. The van der Waals surface area contributed by atoms with Crippen LogP contribution in [0.2, 0.25) is 0 Å². The largest absolute Gasteiger partial charge is 0.382 e. The topological polar surface area (TPSA) is 66.2 Å². The molecule has 2 N–H and O–H groups in total. The van der Waals surface area contributed by atoms with Gasteiger partial charge in [0.15, 0.2) is 0 Å². The molecule has 8 heterocycles. The maximum atomic E-state index is 12.6. The second-order valence-electron chi connectivity index (χ2n) is 18.8. The third kappa shape index (κ3) is 5.90. The summed E-state index contributed by atoms with van der Waals surface area (Å²) in [6.45, 7) is 14.4. The molecule has 6 aliphatic heterocycles. The predicted octanol–water partition coefficient (Wildman–Crippen LogP) is 10.4. The van der Waals surface area contributed by atoms with Crippen molar-refractivity contribution in [1.82, 2.24) is 9.97 Å².